The largest absolute Gasteiger partial charge is 0.497 e. The minimum Gasteiger partial charge on any atom is -0.497 e. The average molecular weight is 477 g/mol. The van der Waals surface area contributed by atoms with Crippen LogP contribution in [-0.2, 0) is 17.1 Å². The Bertz CT molecular complexity index is 1430. The molecule has 4 rings (SSSR count). The number of methoxy groups -OCH3 is 1. The van der Waals surface area contributed by atoms with E-state index in [-0.39, 0.29) is 21.2 Å². The molecular formula is C21H17ClN2O5S2. The summed E-state index contributed by atoms with van der Waals surface area (Å²) in [4.78, 5) is 11.7. The zero-order chi connectivity index (χ0) is 22.2. The maximum absolute atomic E-state index is 13.0. The van der Waals surface area contributed by atoms with Crippen molar-refractivity contribution in [2.75, 3.05) is 11.8 Å². The lowest BCUT2D eigenvalue weighted by Gasteiger charge is -2.14. The van der Waals surface area contributed by atoms with Crippen molar-refractivity contribution >= 4 is 48.9 Å². The third kappa shape index (κ3) is 4.39. The molecule has 0 saturated carbocycles. The van der Waals surface area contributed by atoms with Gasteiger partial charge < -0.3 is 14.0 Å². The molecule has 7 nitrogen and oxygen atoms in total. The Morgan fingerprint density at radius 2 is 1.71 bits per heavy atom. The lowest BCUT2D eigenvalue weighted by Crippen LogP contribution is -2.13. The number of nitrogens with one attached hydrogen (secondary N) is 1. The molecule has 0 aliphatic carbocycles. The van der Waals surface area contributed by atoms with Crippen LogP contribution in [0, 0.1) is 0 Å². The molecule has 0 saturated heterocycles. The molecule has 10 heteroatoms. The van der Waals surface area contributed by atoms with Gasteiger partial charge in [-0.05, 0) is 60.7 Å². The average Bonchev–Trinajstić information content (AvgIpc) is 3.03. The predicted octanol–water partition coefficient (Wildman–Crippen LogP) is 4.86. The normalized spacial score (nSPS) is 11.5. The van der Waals surface area contributed by atoms with Gasteiger partial charge in [-0.25, -0.2) is 8.42 Å². The first-order valence-corrected chi connectivity index (χ1v) is 11.7. The lowest BCUT2D eigenvalue weighted by atomic mass is 10.3. The number of aryl methyl sites for hydroxylation is 1. The molecule has 1 heterocycles. The summed E-state index contributed by atoms with van der Waals surface area (Å²) < 4.78 is 41.6. The molecule has 0 atom stereocenters. The van der Waals surface area contributed by atoms with Gasteiger partial charge >= 0.3 is 4.87 Å². The summed E-state index contributed by atoms with van der Waals surface area (Å²) in [6, 6.07) is 16.1. The van der Waals surface area contributed by atoms with Crippen molar-refractivity contribution < 1.29 is 17.9 Å². The Morgan fingerprint density at radius 1 is 1.00 bits per heavy atom. The van der Waals surface area contributed by atoms with Gasteiger partial charge in [0.2, 0.25) is 0 Å². The van der Waals surface area contributed by atoms with Gasteiger partial charge in [-0.3, -0.25) is 9.52 Å². The van der Waals surface area contributed by atoms with Crippen LogP contribution in [0.15, 0.2) is 70.4 Å². The van der Waals surface area contributed by atoms with Crippen LogP contribution in [0.25, 0.3) is 10.2 Å². The number of nitrogens with zero attached hydrogens (tertiary/aromatic N) is 1. The first-order valence-electron chi connectivity index (χ1n) is 9.01. The van der Waals surface area contributed by atoms with E-state index in [9.17, 15) is 13.2 Å². The van der Waals surface area contributed by atoms with Crippen molar-refractivity contribution in [1.82, 2.24) is 4.57 Å². The van der Waals surface area contributed by atoms with Gasteiger partial charge in [0.25, 0.3) is 10.0 Å². The van der Waals surface area contributed by atoms with E-state index < -0.39 is 10.0 Å². The van der Waals surface area contributed by atoms with Crippen LogP contribution in [0.1, 0.15) is 0 Å². The van der Waals surface area contributed by atoms with E-state index in [1.165, 1.54) is 22.8 Å². The third-order valence-electron chi connectivity index (χ3n) is 4.55. The number of aromatic nitrogens is 1. The van der Waals surface area contributed by atoms with Gasteiger partial charge in [-0.1, -0.05) is 22.9 Å². The summed E-state index contributed by atoms with van der Waals surface area (Å²) in [6.45, 7) is 0. The fourth-order valence-electron chi connectivity index (χ4n) is 2.93. The number of benzene rings is 3. The van der Waals surface area contributed by atoms with E-state index in [0.29, 0.717) is 26.7 Å². The molecule has 0 spiro atoms. The van der Waals surface area contributed by atoms with Crippen LogP contribution in [0.4, 0.5) is 5.69 Å². The van der Waals surface area contributed by atoms with Crippen LogP contribution in [0.5, 0.6) is 17.2 Å². The van der Waals surface area contributed by atoms with Crippen LogP contribution in [-0.4, -0.2) is 20.1 Å². The van der Waals surface area contributed by atoms with E-state index >= 15 is 0 Å². The first-order chi connectivity index (χ1) is 14.8. The number of fused-ring (bicyclic) bond motifs is 1. The van der Waals surface area contributed by atoms with Gasteiger partial charge in [-0.2, -0.15) is 0 Å². The SMILES string of the molecule is COc1ccc(Oc2ccc(Cl)cc2NS(=O)(=O)c2ccc3c(c2)sc(=O)n3C)cc1. The molecule has 160 valence electrons. The van der Waals surface area contributed by atoms with Crippen LogP contribution in [0.2, 0.25) is 5.02 Å². The quantitative estimate of drug-likeness (QED) is 0.429. The third-order valence-corrected chi connectivity index (χ3v) is 7.14. The molecular weight excluding hydrogens is 460 g/mol. The molecule has 4 aromatic rings. The number of rotatable bonds is 6. The Kier molecular flexibility index (Phi) is 5.65. The molecule has 0 radical (unpaired) electrons. The standard InChI is InChI=1S/C21H17ClN2O5S2/c1-24-18-9-8-16(12-20(18)30-21(24)25)31(26,27)23-17-11-13(22)3-10-19(17)29-15-6-4-14(28-2)5-7-15/h3-12,23H,1-2H3. The second-order valence-electron chi connectivity index (χ2n) is 6.58. The van der Waals surface area contributed by atoms with Crippen molar-refractivity contribution in [3.05, 3.63) is 75.4 Å². The number of thiazole rings is 1. The summed E-state index contributed by atoms with van der Waals surface area (Å²) in [5, 5.41) is 0.344. The fraction of sp³-hybridized carbons (Fsp3) is 0.0952. The molecule has 3 aromatic carbocycles. The van der Waals surface area contributed by atoms with Gasteiger partial charge in [0.15, 0.2) is 5.75 Å². The highest BCUT2D eigenvalue weighted by atomic mass is 35.5. The Morgan fingerprint density at radius 3 is 2.42 bits per heavy atom. The summed E-state index contributed by atoms with van der Waals surface area (Å²) in [5.41, 5.74) is 0.852. The number of sulfonamides is 1. The first kappa shape index (κ1) is 21.2. The molecule has 0 aliphatic heterocycles. The van der Waals surface area contributed by atoms with Crippen LogP contribution in [0.3, 0.4) is 0 Å². The monoisotopic (exact) mass is 476 g/mol. The predicted molar refractivity (Wildman–Crippen MR) is 122 cm³/mol. The topological polar surface area (TPSA) is 86.6 Å². The molecule has 0 bridgehead atoms. The summed E-state index contributed by atoms with van der Waals surface area (Å²) >= 11 is 7.07. The molecule has 1 aromatic heterocycles. The second-order valence-corrected chi connectivity index (χ2v) is 9.69. The van der Waals surface area contributed by atoms with Crippen molar-refractivity contribution in [1.29, 1.82) is 0 Å². The highest BCUT2D eigenvalue weighted by Crippen LogP contribution is 2.34. The molecule has 1 N–H and O–H groups in total. The number of ether oxygens (including phenoxy) is 2. The summed E-state index contributed by atoms with van der Waals surface area (Å²) in [6.07, 6.45) is 0. The molecule has 0 amide bonds. The Labute approximate surface area is 187 Å². The van der Waals surface area contributed by atoms with Crippen molar-refractivity contribution in [3.63, 3.8) is 0 Å². The summed E-state index contributed by atoms with van der Waals surface area (Å²) in [5.74, 6) is 1.45. The molecule has 0 aliphatic rings. The lowest BCUT2D eigenvalue weighted by molar-refractivity contribution is 0.413. The van der Waals surface area contributed by atoms with Crippen molar-refractivity contribution in [2.24, 2.45) is 7.05 Å². The highest BCUT2D eigenvalue weighted by molar-refractivity contribution is 7.92. The summed E-state index contributed by atoms with van der Waals surface area (Å²) in [7, 11) is -0.760. The zero-order valence-electron chi connectivity index (χ0n) is 16.5. The zero-order valence-corrected chi connectivity index (χ0v) is 18.8. The molecule has 31 heavy (non-hydrogen) atoms. The van der Waals surface area contributed by atoms with Gasteiger partial charge in [0.05, 0.1) is 27.9 Å². The van der Waals surface area contributed by atoms with Gasteiger partial charge in [0, 0.05) is 12.1 Å². The smallest absolute Gasteiger partial charge is 0.307 e. The Balaban J connectivity index is 1.67. The molecule has 0 unspecified atom stereocenters. The Hall–Kier alpha value is -3.01. The van der Waals surface area contributed by atoms with E-state index in [1.54, 1.807) is 56.6 Å². The highest BCUT2D eigenvalue weighted by Gasteiger charge is 2.19. The maximum atomic E-state index is 13.0. The van der Waals surface area contributed by atoms with Gasteiger partial charge in [0.1, 0.15) is 11.5 Å². The minimum atomic E-state index is -3.96. The fourth-order valence-corrected chi connectivity index (χ4v) is 5.18. The van der Waals surface area contributed by atoms with E-state index in [4.69, 9.17) is 21.1 Å². The molecule has 0 fully saturated rings. The minimum absolute atomic E-state index is 0.0252. The van der Waals surface area contributed by atoms with E-state index in [0.717, 1.165) is 11.3 Å². The van der Waals surface area contributed by atoms with Crippen LogP contribution < -0.4 is 19.1 Å². The van der Waals surface area contributed by atoms with Crippen molar-refractivity contribution in [2.45, 2.75) is 4.90 Å². The van der Waals surface area contributed by atoms with E-state index in [2.05, 4.69) is 4.72 Å². The van der Waals surface area contributed by atoms with Crippen molar-refractivity contribution in [3.8, 4) is 17.2 Å². The number of hydrogen-bond acceptors (Lipinski definition) is 6. The van der Waals surface area contributed by atoms with Gasteiger partial charge in [-0.15, -0.1) is 0 Å². The number of halogens is 1. The maximum Gasteiger partial charge on any atom is 0.307 e. The van der Waals surface area contributed by atoms with E-state index in [1.807, 2.05) is 0 Å². The van der Waals surface area contributed by atoms with Crippen LogP contribution >= 0.6 is 22.9 Å². The number of anilines is 1. The second kappa shape index (κ2) is 8.26. The number of hydrogen-bond donors (Lipinski definition) is 1.